The Bertz CT molecular complexity index is 1460. The number of carbonyl (C=O) groups is 3. The average molecular weight is 787 g/mol. The van der Waals surface area contributed by atoms with Gasteiger partial charge in [-0.05, 0) is 63.9 Å². The molecule has 0 amide bonds. The number of fused-ring (bicyclic) bond motifs is 2. The predicted molar refractivity (Wildman–Crippen MR) is 187 cm³/mol. The monoisotopic (exact) mass is 786 g/mol. The molecule has 17 nitrogen and oxygen atoms in total. The Hall–Kier alpha value is -2.55. The molecule has 2 aliphatic carbocycles. The Labute approximate surface area is 319 Å². The van der Waals surface area contributed by atoms with Crippen LogP contribution >= 0.6 is 0 Å². The third-order valence-electron chi connectivity index (χ3n) is 12.7. The summed E-state index contributed by atoms with van der Waals surface area (Å²) in [7, 11) is 0. The molecule has 5 rings (SSSR count). The van der Waals surface area contributed by atoms with Crippen molar-refractivity contribution in [2.24, 2.45) is 22.7 Å². The molecule has 5 aliphatic rings. The van der Waals surface area contributed by atoms with Crippen LogP contribution in [0.4, 0.5) is 0 Å². The van der Waals surface area contributed by atoms with Crippen molar-refractivity contribution in [3.05, 3.63) is 23.3 Å². The van der Waals surface area contributed by atoms with Crippen molar-refractivity contribution in [3.8, 4) is 0 Å². The van der Waals surface area contributed by atoms with E-state index in [0.717, 1.165) is 0 Å². The SMILES string of the molecule is C/C1=C/COC(=O)C[C@@](C)(O)CC(=O)OC[C@@H]2O[C@H](OC(=O)C3=CCC[C@@H]4[C@](C)([C@H](C)CC[C@@]34C)[C@H](O[C@@H]3O[C@H](CO)[C@@H](O)[C@H](O)[C@H]3O)C1)[C@@H](O)[C@H](O)[C@@H]2O. The summed E-state index contributed by atoms with van der Waals surface area (Å²) >= 11 is 0. The third-order valence-corrected chi connectivity index (χ3v) is 12.7. The van der Waals surface area contributed by atoms with Crippen molar-refractivity contribution >= 4 is 17.9 Å². The van der Waals surface area contributed by atoms with Crippen LogP contribution in [0, 0.1) is 22.7 Å². The van der Waals surface area contributed by atoms with E-state index in [4.69, 9.17) is 28.4 Å². The molecule has 6 bridgehead atoms. The van der Waals surface area contributed by atoms with Crippen LogP contribution in [-0.4, -0.2) is 152 Å². The lowest BCUT2D eigenvalue weighted by molar-refractivity contribution is -0.326. The minimum atomic E-state index is -1.89. The van der Waals surface area contributed by atoms with Gasteiger partial charge in [-0.15, -0.1) is 0 Å². The molecule has 0 aromatic rings. The van der Waals surface area contributed by atoms with Gasteiger partial charge in [0.05, 0.1) is 31.2 Å². The minimum absolute atomic E-state index is 0.0576. The zero-order valence-electron chi connectivity index (χ0n) is 32.0. The highest BCUT2D eigenvalue weighted by Gasteiger charge is 2.60. The van der Waals surface area contributed by atoms with E-state index in [1.807, 2.05) is 13.8 Å². The Morgan fingerprint density at radius 3 is 2.16 bits per heavy atom. The van der Waals surface area contributed by atoms with Crippen molar-refractivity contribution in [2.45, 2.75) is 153 Å². The van der Waals surface area contributed by atoms with Crippen LogP contribution < -0.4 is 0 Å². The number of aliphatic hydroxyl groups excluding tert-OH is 7. The second-order valence-corrected chi connectivity index (χ2v) is 16.7. The van der Waals surface area contributed by atoms with E-state index in [2.05, 4.69) is 6.92 Å². The molecule has 1 saturated carbocycles. The number of rotatable bonds is 3. The van der Waals surface area contributed by atoms with Crippen LogP contribution in [0.1, 0.15) is 79.6 Å². The van der Waals surface area contributed by atoms with Gasteiger partial charge in [0.2, 0.25) is 6.29 Å². The molecule has 3 fully saturated rings. The molecule has 0 aromatic heterocycles. The third kappa shape index (κ3) is 8.97. The van der Waals surface area contributed by atoms with Gasteiger partial charge in [0.25, 0.3) is 0 Å². The van der Waals surface area contributed by atoms with Gasteiger partial charge < -0.3 is 69.3 Å². The van der Waals surface area contributed by atoms with Gasteiger partial charge in [0.15, 0.2) is 6.29 Å². The van der Waals surface area contributed by atoms with Crippen LogP contribution in [0.3, 0.4) is 0 Å². The molecule has 0 radical (unpaired) electrons. The van der Waals surface area contributed by atoms with Crippen molar-refractivity contribution < 1.29 is 83.7 Å². The number of esters is 3. The average Bonchev–Trinajstić information content (AvgIpc) is 3.11. The van der Waals surface area contributed by atoms with E-state index < -0.39 is 128 Å². The molecule has 55 heavy (non-hydrogen) atoms. The summed E-state index contributed by atoms with van der Waals surface area (Å²) in [5.41, 5.74) is -2.52. The van der Waals surface area contributed by atoms with Gasteiger partial charge in [-0.25, -0.2) is 4.79 Å². The zero-order chi connectivity index (χ0) is 40.6. The van der Waals surface area contributed by atoms with Crippen molar-refractivity contribution in [1.29, 1.82) is 0 Å². The fourth-order valence-electron chi connectivity index (χ4n) is 9.16. The molecule has 8 N–H and O–H groups in total. The predicted octanol–water partition coefficient (Wildman–Crippen LogP) is -0.731. The zero-order valence-corrected chi connectivity index (χ0v) is 32.0. The van der Waals surface area contributed by atoms with E-state index in [9.17, 15) is 55.2 Å². The van der Waals surface area contributed by atoms with Crippen molar-refractivity contribution in [2.75, 3.05) is 19.8 Å². The fourth-order valence-corrected chi connectivity index (χ4v) is 9.16. The number of aliphatic hydroxyl groups is 8. The van der Waals surface area contributed by atoms with Crippen LogP contribution in [0.2, 0.25) is 0 Å². The molecule has 0 spiro atoms. The quantitative estimate of drug-likeness (QED) is 0.0995. The summed E-state index contributed by atoms with van der Waals surface area (Å²) < 4.78 is 34.4. The molecule has 17 heteroatoms. The maximum atomic E-state index is 14.1. The number of allylic oxidation sites excluding steroid dienone is 1. The van der Waals surface area contributed by atoms with Crippen molar-refractivity contribution in [1.82, 2.24) is 0 Å². The van der Waals surface area contributed by atoms with E-state index in [-0.39, 0.29) is 24.9 Å². The topological polar surface area (TPSA) is 268 Å². The Morgan fingerprint density at radius 2 is 1.49 bits per heavy atom. The van der Waals surface area contributed by atoms with Gasteiger partial charge in [0, 0.05) is 16.4 Å². The summed E-state index contributed by atoms with van der Waals surface area (Å²) in [4.78, 5) is 39.6. The first-order chi connectivity index (χ1) is 25.7. The smallest absolute Gasteiger partial charge is 0.336 e. The number of hydrogen-bond acceptors (Lipinski definition) is 17. The molecule has 0 unspecified atom stereocenters. The lowest BCUT2D eigenvalue weighted by atomic mass is 9.46. The highest BCUT2D eigenvalue weighted by molar-refractivity contribution is 5.90. The van der Waals surface area contributed by atoms with Crippen LogP contribution in [0.5, 0.6) is 0 Å². The summed E-state index contributed by atoms with van der Waals surface area (Å²) in [5, 5.41) is 84.9. The summed E-state index contributed by atoms with van der Waals surface area (Å²) in [6.45, 7) is 7.55. The molecule has 0 aromatic carbocycles. The largest absolute Gasteiger partial charge is 0.463 e. The molecule has 3 heterocycles. The Kier molecular flexibility index (Phi) is 13.6. The Morgan fingerprint density at radius 1 is 0.836 bits per heavy atom. The lowest BCUT2D eigenvalue weighted by Gasteiger charge is -2.60. The second-order valence-electron chi connectivity index (χ2n) is 16.7. The van der Waals surface area contributed by atoms with Gasteiger partial charge in [-0.1, -0.05) is 32.4 Å². The van der Waals surface area contributed by atoms with Gasteiger partial charge in [0.1, 0.15) is 62.0 Å². The Balaban J connectivity index is 1.53. The van der Waals surface area contributed by atoms with Crippen LogP contribution in [0.25, 0.3) is 0 Å². The highest BCUT2D eigenvalue weighted by atomic mass is 16.7. The van der Waals surface area contributed by atoms with E-state index in [1.165, 1.54) is 6.92 Å². The number of ether oxygens (including phenoxy) is 6. The van der Waals surface area contributed by atoms with E-state index in [1.54, 1.807) is 19.1 Å². The molecule has 2 saturated heterocycles. The standard InChI is InChI=1S/C38H58O17/c1-18-10-12-50-25(40)14-36(3,49)15-26(41)51-17-22-28(43)30(45)32(47)35(53-22)55-33(48)20-7-6-8-23-37(20,4)11-9-19(2)38(23,5)24(13-18)54-34-31(46)29(44)27(42)21(16-39)52-34/h7,10,19,21-24,27-32,34-35,39,42-47,49H,6,8-9,11-17H2,1-5H3/b18-10-/t19-,21-,22+,23+,24-,27-,28-,29+,30-,31-,32+,34+,35-,36-,37+,38+/m1/s1. The van der Waals surface area contributed by atoms with Crippen molar-refractivity contribution in [3.63, 3.8) is 0 Å². The van der Waals surface area contributed by atoms with E-state index >= 15 is 0 Å². The first-order valence-corrected chi connectivity index (χ1v) is 19.0. The first kappa shape index (κ1) is 43.6. The number of cyclic esters (lactones) is 2. The molecule has 16 atom stereocenters. The maximum absolute atomic E-state index is 14.1. The first-order valence-electron chi connectivity index (χ1n) is 19.0. The molecule has 312 valence electrons. The lowest BCUT2D eigenvalue weighted by Crippen LogP contribution is -2.62. The number of hydrogen-bond donors (Lipinski definition) is 8. The molecular formula is C38H58O17. The summed E-state index contributed by atoms with van der Waals surface area (Å²) in [6.07, 6.45) is -12.5. The number of carbonyl (C=O) groups excluding carboxylic acids is 3. The van der Waals surface area contributed by atoms with Gasteiger partial charge in [-0.3, -0.25) is 9.59 Å². The summed E-state index contributed by atoms with van der Waals surface area (Å²) in [5.74, 6) is -2.94. The molecular weight excluding hydrogens is 728 g/mol. The van der Waals surface area contributed by atoms with Crippen LogP contribution in [0.15, 0.2) is 23.3 Å². The fraction of sp³-hybridized carbons (Fsp3) is 0.816. The second kappa shape index (κ2) is 17.1. The summed E-state index contributed by atoms with van der Waals surface area (Å²) in [6, 6.07) is 0. The highest BCUT2D eigenvalue weighted by Crippen LogP contribution is 2.63. The van der Waals surface area contributed by atoms with Crippen LogP contribution in [-0.2, 0) is 42.8 Å². The van der Waals surface area contributed by atoms with Gasteiger partial charge >= 0.3 is 17.9 Å². The van der Waals surface area contributed by atoms with Gasteiger partial charge in [-0.2, -0.15) is 0 Å². The molecule has 3 aliphatic heterocycles. The maximum Gasteiger partial charge on any atom is 0.336 e. The minimum Gasteiger partial charge on any atom is -0.463 e. The van der Waals surface area contributed by atoms with E-state index in [0.29, 0.717) is 36.8 Å². The normalized spacial score (nSPS) is 47.7.